The Hall–Kier alpha value is -1.26. The highest BCUT2D eigenvalue weighted by Crippen LogP contribution is 2.28. The molecule has 0 spiro atoms. The molecule has 1 aliphatic rings. The van der Waals surface area contributed by atoms with Gasteiger partial charge in [-0.3, -0.25) is 0 Å². The van der Waals surface area contributed by atoms with E-state index in [1.165, 1.54) is 6.07 Å². The summed E-state index contributed by atoms with van der Waals surface area (Å²) in [6.07, 6.45) is 1.10. The fraction of sp³-hybridized carbons (Fsp3) is 0.462. The van der Waals surface area contributed by atoms with Crippen LogP contribution in [0.2, 0.25) is 5.02 Å². The minimum Gasteiger partial charge on any atom is -0.478 e. The van der Waals surface area contributed by atoms with Crippen molar-refractivity contribution in [3.8, 4) is 0 Å². The molecule has 1 aromatic carbocycles. The van der Waals surface area contributed by atoms with Gasteiger partial charge in [0.25, 0.3) is 0 Å². The number of hydrogen-bond acceptors (Lipinski definition) is 3. The molecule has 0 saturated carbocycles. The third-order valence-corrected chi connectivity index (χ3v) is 3.29. The van der Waals surface area contributed by atoms with Crippen molar-refractivity contribution >= 4 is 23.3 Å². The first-order valence-corrected chi connectivity index (χ1v) is 6.35. The summed E-state index contributed by atoms with van der Waals surface area (Å²) in [5.74, 6) is -0.962. The number of carboxylic acid groups (broad SMARTS) is 1. The maximum absolute atomic E-state index is 10.9. The molecule has 1 atom stereocenters. The average molecular weight is 270 g/mol. The number of anilines is 1. The number of rotatable bonds is 2. The van der Waals surface area contributed by atoms with Crippen molar-refractivity contribution in [1.82, 2.24) is 0 Å². The second kappa shape index (κ2) is 5.59. The van der Waals surface area contributed by atoms with Crippen molar-refractivity contribution in [3.63, 3.8) is 0 Å². The highest BCUT2D eigenvalue weighted by molar-refractivity contribution is 6.33. The molecule has 2 rings (SSSR count). The van der Waals surface area contributed by atoms with Gasteiger partial charge in [0.2, 0.25) is 0 Å². The van der Waals surface area contributed by atoms with Gasteiger partial charge in [0.1, 0.15) is 0 Å². The standard InChI is InChI=1S/C13H16ClNO3/c1-9-8-15(5-2-6-18-9)12-4-3-10(13(16)17)7-11(12)14/h3-4,7,9H,2,5-6,8H2,1H3,(H,16,17). The number of benzene rings is 1. The Bertz CT molecular complexity index is 450. The number of halogens is 1. The monoisotopic (exact) mass is 269 g/mol. The fourth-order valence-electron chi connectivity index (χ4n) is 2.11. The highest BCUT2D eigenvalue weighted by atomic mass is 35.5. The molecule has 5 heteroatoms. The van der Waals surface area contributed by atoms with Crippen LogP contribution in [0.1, 0.15) is 23.7 Å². The van der Waals surface area contributed by atoms with Crippen LogP contribution in [-0.2, 0) is 4.74 Å². The van der Waals surface area contributed by atoms with E-state index in [4.69, 9.17) is 21.4 Å². The lowest BCUT2D eigenvalue weighted by molar-refractivity contribution is 0.0696. The predicted molar refractivity (Wildman–Crippen MR) is 70.7 cm³/mol. The van der Waals surface area contributed by atoms with Crippen molar-refractivity contribution in [2.45, 2.75) is 19.4 Å². The van der Waals surface area contributed by atoms with E-state index in [0.29, 0.717) is 5.02 Å². The van der Waals surface area contributed by atoms with Crippen LogP contribution in [0.4, 0.5) is 5.69 Å². The van der Waals surface area contributed by atoms with E-state index in [2.05, 4.69) is 4.90 Å². The van der Waals surface area contributed by atoms with E-state index in [1.54, 1.807) is 12.1 Å². The van der Waals surface area contributed by atoms with E-state index in [-0.39, 0.29) is 11.7 Å². The molecule has 1 heterocycles. The van der Waals surface area contributed by atoms with Gasteiger partial charge < -0.3 is 14.7 Å². The Morgan fingerprint density at radius 1 is 1.56 bits per heavy atom. The molecule has 0 aromatic heterocycles. The lowest BCUT2D eigenvalue weighted by atomic mass is 10.2. The minimum absolute atomic E-state index is 0.155. The van der Waals surface area contributed by atoms with Crippen molar-refractivity contribution in [2.24, 2.45) is 0 Å². The zero-order valence-electron chi connectivity index (χ0n) is 10.2. The number of nitrogens with zero attached hydrogens (tertiary/aromatic N) is 1. The summed E-state index contributed by atoms with van der Waals surface area (Å²) in [7, 11) is 0. The van der Waals surface area contributed by atoms with Gasteiger partial charge in [0.05, 0.1) is 22.4 Å². The minimum atomic E-state index is -0.962. The summed E-state index contributed by atoms with van der Waals surface area (Å²) in [5.41, 5.74) is 1.09. The Balaban J connectivity index is 2.24. The SMILES string of the molecule is CC1CN(c2ccc(C(=O)O)cc2Cl)CCCO1. The molecule has 1 unspecified atom stereocenters. The number of carboxylic acids is 1. The zero-order chi connectivity index (χ0) is 13.1. The van der Waals surface area contributed by atoms with Gasteiger partial charge in [-0.15, -0.1) is 0 Å². The van der Waals surface area contributed by atoms with E-state index in [1.807, 2.05) is 6.92 Å². The van der Waals surface area contributed by atoms with Gasteiger partial charge in [-0.25, -0.2) is 4.79 Å². The topological polar surface area (TPSA) is 49.8 Å². The highest BCUT2D eigenvalue weighted by Gasteiger charge is 2.18. The molecular weight excluding hydrogens is 254 g/mol. The summed E-state index contributed by atoms with van der Waals surface area (Å²) in [6, 6.07) is 4.85. The van der Waals surface area contributed by atoms with Crippen LogP contribution in [0.25, 0.3) is 0 Å². The summed E-state index contributed by atoms with van der Waals surface area (Å²) in [4.78, 5) is 13.0. The van der Waals surface area contributed by atoms with Crippen LogP contribution in [-0.4, -0.2) is 36.9 Å². The normalized spacial score (nSPS) is 20.6. The molecule has 98 valence electrons. The quantitative estimate of drug-likeness (QED) is 0.897. The molecule has 1 N–H and O–H groups in total. The van der Waals surface area contributed by atoms with Gasteiger partial charge in [-0.05, 0) is 31.5 Å². The van der Waals surface area contributed by atoms with Crippen molar-refractivity contribution in [3.05, 3.63) is 28.8 Å². The second-order valence-electron chi connectivity index (χ2n) is 4.45. The number of hydrogen-bond donors (Lipinski definition) is 1. The van der Waals surface area contributed by atoms with Crippen molar-refractivity contribution < 1.29 is 14.6 Å². The van der Waals surface area contributed by atoms with Crippen LogP contribution in [0, 0.1) is 0 Å². The van der Waals surface area contributed by atoms with Crippen LogP contribution in [0.15, 0.2) is 18.2 Å². The first-order valence-electron chi connectivity index (χ1n) is 5.97. The van der Waals surface area contributed by atoms with Crippen LogP contribution in [0.3, 0.4) is 0 Å². The molecule has 1 fully saturated rings. The molecule has 0 bridgehead atoms. The average Bonchev–Trinajstić information content (AvgIpc) is 2.53. The van der Waals surface area contributed by atoms with Gasteiger partial charge in [0, 0.05) is 19.7 Å². The molecule has 1 aliphatic heterocycles. The lowest BCUT2D eigenvalue weighted by Gasteiger charge is -2.25. The molecule has 1 saturated heterocycles. The zero-order valence-corrected chi connectivity index (χ0v) is 11.0. The fourth-order valence-corrected chi connectivity index (χ4v) is 2.41. The first-order chi connectivity index (χ1) is 8.58. The maximum atomic E-state index is 10.9. The Morgan fingerprint density at radius 3 is 3.00 bits per heavy atom. The van der Waals surface area contributed by atoms with Crippen molar-refractivity contribution in [2.75, 3.05) is 24.6 Å². The van der Waals surface area contributed by atoms with Gasteiger partial charge >= 0.3 is 5.97 Å². The third-order valence-electron chi connectivity index (χ3n) is 2.99. The van der Waals surface area contributed by atoms with Gasteiger partial charge in [-0.1, -0.05) is 11.6 Å². The lowest BCUT2D eigenvalue weighted by Crippen LogP contribution is -2.30. The molecule has 0 amide bonds. The Kier molecular flexibility index (Phi) is 4.09. The molecule has 4 nitrogen and oxygen atoms in total. The largest absolute Gasteiger partial charge is 0.478 e. The number of aromatic carboxylic acids is 1. The van der Waals surface area contributed by atoms with Gasteiger partial charge in [-0.2, -0.15) is 0 Å². The van der Waals surface area contributed by atoms with E-state index >= 15 is 0 Å². The second-order valence-corrected chi connectivity index (χ2v) is 4.86. The van der Waals surface area contributed by atoms with E-state index < -0.39 is 5.97 Å². The molecule has 0 aliphatic carbocycles. The molecular formula is C13H16ClNO3. The summed E-state index contributed by atoms with van der Waals surface area (Å²) < 4.78 is 5.58. The van der Waals surface area contributed by atoms with Crippen LogP contribution < -0.4 is 4.90 Å². The maximum Gasteiger partial charge on any atom is 0.335 e. The Labute approximate surface area is 111 Å². The summed E-state index contributed by atoms with van der Waals surface area (Å²) in [5, 5.41) is 9.38. The molecule has 0 radical (unpaired) electrons. The first kappa shape index (κ1) is 13.2. The molecule has 1 aromatic rings. The summed E-state index contributed by atoms with van der Waals surface area (Å²) >= 11 is 6.16. The number of ether oxygens (including phenoxy) is 1. The van der Waals surface area contributed by atoms with Gasteiger partial charge in [0.15, 0.2) is 0 Å². The Morgan fingerprint density at radius 2 is 2.33 bits per heavy atom. The van der Waals surface area contributed by atoms with Crippen LogP contribution in [0.5, 0.6) is 0 Å². The summed E-state index contributed by atoms with van der Waals surface area (Å²) in [6.45, 7) is 4.42. The van der Waals surface area contributed by atoms with Crippen molar-refractivity contribution in [1.29, 1.82) is 0 Å². The smallest absolute Gasteiger partial charge is 0.335 e. The third kappa shape index (κ3) is 2.94. The van der Waals surface area contributed by atoms with E-state index in [0.717, 1.165) is 31.8 Å². The van der Waals surface area contributed by atoms with Crippen LogP contribution >= 0.6 is 11.6 Å². The number of carbonyl (C=O) groups is 1. The predicted octanol–water partition coefficient (Wildman–Crippen LogP) is 2.65. The van der Waals surface area contributed by atoms with E-state index in [9.17, 15) is 4.79 Å². The molecule has 18 heavy (non-hydrogen) atoms.